The van der Waals surface area contributed by atoms with Crippen molar-refractivity contribution in [1.29, 1.82) is 0 Å². The lowest BCUT2D eigenvalue weighted by molar-refractivity contribution is -0.109. The molecule has 2 heterocycles. The Bertz CT molecular complexity index is 597. The third kappa shape index (κ3) is 1.44. The highest BCUT2D eigenvalue weighted by Crippen LogP contribution is 2.45. The average molecular weight is 232 g/mol. The number of rotatable bonds is 3. The second-order valence-electron chi connectivity index (χ2n) is 4.18. The summed E-state index contributed by atoms with van der Waals surface area (Å²) in [5, 5.41) is 0.535. The molecule has 0 spiro atoms. The van der Waals surface area contributed by atoms with Gasteiger partial charge in [0.1, 0.15) is 12.6 Å². The lowest BCUT2D eigenvalue weighted by Gasteiger charge is -2.08. The monoisotopic (exact) mass is 232 g/mol. The van der Waals surface area contributed by atoms with Gasteiger partial charge in [-0.2, -0.15) is 0 Å². The molecule has 0 aliphatic heterocycles. The first-order valence-corrected chi connectivity index (χ1v) is 5.23. The third-order valence-corrected chi connectivity index (χ3v) is 3.14. The first-order chi connectivity index (χ1) is 8.29. The first kappa shape index (κ1) is 10.1. The zero-order valence-corrected chi connectivity index (χ0v) is 8.85. The molecule has 17 heavy (non-hydrogen) atoms. The number of aldehydes is 1. The summed E-state index contributed by atoms with van der Waals surface area (Å²) in [6, 6.07) is 1.68. The fraction of sp³-hybridized carbons (Fsp3) is 0.273. The van der Waals surface area contributed by atoms with E-state index in [9.17, 15) is 9.28 Å². The van der Waals surface area contributed by atoms with Crippen LogP contribution in [0.2, 0.25) is 0 Å². The second kappa shape index (κ2) is 3.44. The van der Waals surface area contributed by atoms with E-state index in [2.05, 4.69) is 15.0 Å². The minimum absolute atomic E-state index is 0.0975. The van der Waals surface area contributed by atoms with E-state index in [0.717, 1.165) is 19.1 Å². The van der Waals surface area contributed by atoms with Crippen LogP contribution in [-0.4, -0.2) is 21.2 Å². The molecule has 1 aliphatic rings. The number of pyridine rings is 1. The highest BCUT2D eigenvalue weighted by atomic mass is 19.2. The number of fused-ring (bicyclic) bond motifs is 1. The van der Waals surface area contributed by atoms with Crippen LogP contribution in [0.5, 0.6) is 0 Å². The van der Waals surface area contributed by atoms with Gasteiger partial charge >= 0.3 is 0 Å². The summed E-state index contributed by atoms with van der Waals surface area (Å²) in [5.74, 6) is 0.0975. The Kier molecular flexibility index (Phi) is 2.04. The maximum absolute atomic E-state index is 12.6. The Labute approximate surface area is 96.0 Å². The average Bonchev–Trinajstić information content (AvgIpc) is 3.18. The van der Waals surface area contributed by atoms with Crippen molar-refractivity contribution in [2.75, 3.05) is 5.54 Å². The number of halogens is 1. The Balaban J connectivity index is 2.21. The molecule has 0 unspecified atom stereocenters. The quantitative estimate of drug-likeness (QED) is 0.642. The standard InChI is InChI=1S/C11H9FN4O/c12-16-10-7-3-9(11(5-17)1-2-11)13-4-8(7)14-6-15-10/h3-6H,1-2H2,(H,14,15,16). The van der Waals surface area contributed by atoms with Crippen molar-refractivity contribution in [2.45, 2.75) is 18.3 Å². The van der Waals surface area contributed by atoms with Crippen LogP contribution in [0.3, 0.4) is 0 Å². The van der Waals surface area contributed by atoms with Crippen molar-refractivity contribution in [1.82, 2.24) is 15.0 Å². The Hall–Kier alpha value is -2.11. The number of anilines is 1. The van der Waals surface area contributed by atoms with E-state index in [4.69, 9.17) is 0 Å². The van der Waals surface area contributed by atoms with Crippen molar-refractivity contribution >= 4 is 23.0 Å². The molecule has 5 nitrogen and oxygen atoms in total. The molecule has 3 rings (SSSR count). The largest absolute Gasteiger partial charge is 0.302 e. The van der Waals surface area contributed by atoms with Crippen molar-refractivity contribution in [2.24, 2.45) is 0 Å². The number of nitrogens with zero attached hydrogens (tertiary/aromatic N) is 3. The Morgan fingerprint density at radius 3 is 2.82 bits per heavy atom. The van der Waals surface area contributed by atoms with Crippen LogP contribution < -0.4 is 5.54 Å². The van der Waals surface area contributed by atoms with Gasteiger partial charge in [0.15, 0.2) is 5.82 Å². The van der Waals surface area contributed by atoms with Gasteiger partial charge in [-0.25, -0.2) is 15.5 Å². The molecule has 1 aliphatic carbocycles. The highest BCUT2D eigenvalue weighted by molar-refractivity contribution is 5.89. The molecule has 86 valence electrons. The molecule has 1 fully saturated rings. The summed E-state index contributed by atoms with van der Waals surface area (Å²) in [7, 11) is 0. The van der Waals surface area contributed by atoms with Crippen LogP contribution in [0.25, 0.3) is 10.9 Å². The smallest absolute Gasteiger partial charge is 0.165 e. The van der Waals surface area contributed by atoms with Gasteiger partial charge < -0.3 is 4.79 Å². The number of carbonyl (C=O) groups is 1. The van der Waals surface area contributed by atoms with Gasteiger partial charge in [0.2, 0.25) is 0 Å². The predicted molar refractivity (Wildman–Crippen MR) is 59.0 cm³/mol. The zero-order valence-electron chi connectivity index (χ0n) is 8.85. The molecule has 0 bridgehead atoms. The summed E-state index contributed by atoms with van der Waals surface area (Å²) in [4.78, 5) is 23.0. The topological polar surface area (TPSA) is 67.8 Å². The molecular weight excluding hydrogens is 223 g/mol. The molecule has 0 radical (unpaired) electrons. The van der Waals surface area contributed by atoms with Gasteiger partial charge in [0.25, 0.3) is 0 Å². The van der Waals surface area contributed by atoms with Gasteiger partial charge in [-0.3, -0.25) is 4.98 Å². The van der Waals surface area contributed by atoms with Crippen molar-refractivity contribution < 1.29 is 9.28 Å². The SMILES string of the molecule is O=CC1(c2cc3c(NF)ncnc3cn2)CC1. The number of hydrogen-bond acceptors (Lipinski definition) is 5. The van der Waals surface area contributed by atoms with Crippen LogP contribution >= 0.6 is 0 Å². The minimum atomic E-state index is -0.475. The van der Waals surface area contributed by atoms with Gasteiger partial charge in [-0.15, -0.1) is 4.48 Å². The normalized spacial score (nSPS) is 16.8. The summed E-state index contributed by atoms with van der Waals surface area (Å²) >= 11 is 0. The molecule has 0 atom stereocenters. The van der Waals surface area contributed by atoms with Gasteiger partial charge in [0.05, 0.1) is 22.8 Å². The Morgan fingerprint density at radius 1 is 1.35 bits per heavy atom. The van der Waals surface area contributed by atoms with Crippen LogP contribution in [0.1, 0.15) is 18.5 Å². The molecule has 2 aromatic heterocycles. The van der Waals surface area contributed by atoms with Crippen LogP contribution in [0.4, 0.5) is 10.3 Å². The highest BCUT2D eigenvalue weighted by Gasteiger charge is 2.45. The molecular formula is C11H9FN4O. The summed E-state index contributed by atoms with van der Waals surface area (Å²) < 4.78 is 12.6. The number of carbonyl (C=O) groups excluding carboxylic acids is 1. The molecule has 0 amide bonds. The van der Waals surface area contributed by atoms with E-state index >= 15 is 0 Å². The second-order valence-corrected chi connectivity index (χ2v) is 4.18. The van der Waals surface area contributed by atoms with E-state index in [1.54, 1.807) is 6.07 Å². The zero-order chi connectivity index (χ0) is 11.9. The summed E-state index contributed by atoms with van der Waals surface area (Å²) in [5.41, 5.74) is 2.25. The van der Waals surface area contributed by atoms with E-state index in [-0.39, 0.29) is 5.82 Å². The van der Waals surface area contributed by atoms with E-state index in [1.165, 1.54) is 18.1 Å². The molecule has 6 heteroatoms. The Morgan fingerprint density at radius 2 is 2.18 bits per heavy atom. The lowest BCUT2D eigenvalue weighted by atomic mass is 10.0. The number of nitrogens with one attached hydrogen (secondary N) is 1. The lowest BCUT2D eigenvalue weighted by Crippen LogP contribution is -2.10. The van der Waals surface area contributed by atoms with Crippen molar-refractivity contribution in [3.63, 3.8) is 0 Å². The van der Waals surface area contributed by atoms with Crippen LogP contribution in [0.15, 0.2) is 18.6 Å². The van der Waals surface area contributed by atoms with Crippen molar-refractivity contribution in [3.8, 4) is 0 Å². The fourth-order valence-corrected chi connectivity index (χ4v) is 1.88. The minimum Gasteiger partial charge on any atom is -0.302 e. The van der Waals surface area contributed by atoms with Crippen molar-refractivity contribution in [3.05, 3.63) is 24.3 Å². The molecule has 1 N–H and O–H groups in total. The predicted octanol–water partition coefficient (Wildman–Crippen LogP) is 1.55. The first-order valence-electron chi connectivity index (χ1n) is 5.23. The maximum atomic E-state index is 12.6. The molecule has 2 aromatic rings. The van der Waals surface area contributed by atoms with Crippen LogP contribution in [0, 0.1) is 0 Å². The molecule has 1 saturated carbocycles. The van der Waals surface area contributed by atoms with E-state index in [0.29, 0.717) is 16.6 Å². The van der Waals surface area contributed by atoms with Gasteiger partial charge in [0, 0.05) is 5.39 Å². The number of aromatic nitrogens is 3. The molecule has 0 saturated heterocycles. The van der Waals surface area contributed by atoms with Gasteiger partial charge in [-0.1, -0.05) is 0 Å². The van der Waals surface area contributed by atoms with E-state index < -0.39 is 5.41 Å². The van der Waals surface area contributed by atoms with Gasteiger partial charge in [-0.05, 0) is 18.9 Å². The summed E-state index contributed by atoms with van der Waals surface area (Å²) in [6.45, 7) is 0. The number of hydrogen-bond donors (Lipinski definition) is 1. The fourth-order valence-electron chi connectivity index (χ4n) is 1.88. The molecule has 0 aromatic carbocycles. The van der Waals surface area contributed by atoms with Crippen LogP contribution in [-0.2, 0) is 10.2 Å². The maximum Gasteiger partial charge on any atom is 0.165 e. The summed E-state index contributed by atoms with van der Waals surface area (Å²) in [6.07, 6.45) is 5.30. The third-order valence-electron chi connectivity index (χ3n) is 3.14. The van der Waals surface area contributed by atoms with E-state index in [1.807, 2.05) is 0 Å².